The number of amides is 1. The van der Waals surface area contributed by atoms with Gasteiger partial charge in [0.25, 0.3) is 0 Å². The van der Waals surface area contributed by atoms with Crippen molar-refractivity contribution in [1.82, 2.24) is 5.32 Å². The summed E-state index contributed by atoms with van der Waals surface area (Å²) in [6, 6.07) is 9.44. The van der Waals surface area contributed by atoms with E-state index >= 15 is 0 Å². The molecule has 1 aliphatic carbocycles. The second-order valence-electron chi connectivity index (χ2n) is 9.40. The molecule has 29 heavy (non-hydrogen) atoms. The SMILES string of the molecule is CC(C)(C)OC(=O)C[C@H](CNC(=O)OCc1ccccc1)[C@H]1C[C@@H](C=O)C1(C)C. The Hall–Kier alpha value is -2.37. The maximum atomic E-state index is 12.4. The standard InChI is InChI=1S/C23H33NO5/c1-22(2,3)29-20(26)11-17(19-12-18(14-25)23(19,4)5)13-24-21(27)28-15-16-9-7-6-8-10-16/h6-10,14,17-19H,11-13,15H2,1-5H3,(H,24,27)/t17-,18+,19-/m1/s1. The van der Waals surface area contributed by atoms with Gasteiger partial charge < -0.3 is 19.6 Å². The summed E-state index contributed by atoms with van der Waals surface area (Å²) in [6.07, 6.45) is 1.37. The number of hydrogen-bond donors (Lipinski definition) is 1. The molecule has 0 spiro atoms. The second-order valence-corrected chi connectivity index (χ2v) is 9.40. The van der Waals surface area contributed by atoms with Crippen LogP contribution in [0.25, 0.3) is 0 Å². The quantitative estimate of drug-likeness (QED) is 0.521. The molecule has 1 fully saturated rings. The number of benzene rings is 1. The van der Waals surface area contributed by atoms with Gasteiger partial charge in [-0.15, -0.1) is 0 Å². The van der Waals surface area contributed by atoms with E-state index in [1.807, 2.05) is 65.0 Å². The third-order valence-electron chi connectivity index (χ3n) is 5.72. The number of nitrogens with one attached hydrogen (secondary N) is 1. The highest BCUT2D eigenvalue weighted by Gasteiger charge is 2.51. The molecule has 1 amide bonds. The van der Waals surface area contributed by atoms with E-state index in [0.717, 1.165) is 11.8 Å². The lowest BCUT2D eigenvalue weighted by atomic mass is 9.51. The highest BCUT2D eigenvalue weighted by Crippen LogP contribution is 2.54. The smallest absolute Gasteiger partial charge is 0.407 e. The van der Waals surface area contributed by atoms with Gasteiger partial charge in [-0.1, -0.05) is 44.2 Å². The highest BCUT2D eigenvalue weighted by molar-refractivity contribution is 5.71. The maximum absolute atomic E-state index is 12.4. The fourth-order valence-corrected chi connectivity index (χ4v) is 3.97. The maximum Gasteiger partial charge on any atom is 0.407 e. The Morgan fingerprint density at radius 1 is 1.24 bits per heavy atom. The molecule has 0 bridgehead atoms. The molecule has 1 aromatic carbocycles. The molecule has 1 N–H and O–H groups in total. The molecule has 2 rings (SSSR count). The van der Waals surface area contributed by atoms with Gasteiger partial charge in [0.15, 0.2) is 0 Å². The number of aldehydes is 1. The van der Waals surface area contributed by atoms with Crippen molar-refractivity contribution < 1.29 is 23.9 Å². The third-order valence-corrected chi connectivity index (χ3v) is 5.72. The summed E-state index contributed by atoms with van der Waals surface area (Å²) in [4.78, 5) is 35.8. The van der Waals surface area contributed by atoms with E-state index in [1.165, 1.54) is 0 Å². The van der Waals surface area contributed by atoms with Crippen molar-refractivity contribution in [2.24, 2.45) is 23.2 Å². The van der Waals surface area contributed by atoms with E-state index in [-0.39, 0.29) is 42.2 Å². The van der Waals surface area contributed by atoms with Crippen molar-refractivity contribution in [3.8, 4) is 0 Å². The highest BCUT2D eigenvalue weighted by atomic mass is 16.6. The number of hydrogen-bond acceptors (Lipinski definition) is 5. The van der Waals surface area contributed by atoms with Crippen LogP contribution < -0.4 is 5.32 Å². The monoisotopic (exact) mass is 403 g/mol. The number of carbonyl (C=O) groups is 3. The van der Waals surface area contributed by atoms with Crippen LogP contribution in [0.4, 0.5) is 4.79 Å². The number of ether oxygens (including phenoxy) is 2. The van der Waals surface area contributed by atoms with E-state index in [9.17, 15) is 14.4 Å². The van der Waals surface area contributed by atoms with Crippen LogP contribution in [0.5, 0.6) is 0 Å². The van der Waals surface area contributed by atoms with Gasteiger partial charge in [-0.3, -0.25) is 4.79 Å². The van der Waals surface area contributed by atoms with Gasteiger partial charge in [-0.2, -0.15) is 0 Å². The predicted molar refractivity (Wildman–Crippen MR) is 110 cm³/mol. The molecule has 0 heterocycles. The molecular formula is C23H33NO5. The van der Waals surface area contributed by atoms with Crippen molar-refractivity contribution in [2.45, 2.75) is 59.7 Å². The number of rotatable bonds is 8. The average molecular weight is 404 g/mol. The predicted octanol–water partition coefficient (Wildman–Crippen LogP) is 4.12. The van der Waals surface area contributed by atoms with E-state index in [2.05, 4.69) is 5.32 Å². The Morgan fingerprint density at radius 3 is 2.45 bits per heavy atom. The largest absolute Gasteiger partial charge is 0.460 e. The molecular weight excluding hydrogens is 370 g/mol. The van der Waals surface area contributed by atoms with Crippen LogP contribution in [0.2, 0.25) is 0 Å². The van der Waals surface area contributed by atoms with Gasteiger partial charge in [0.2, 0.25) is 0 Å². The molecule has 0 aliphatic heterocycles. The van der Waals surface area contributed by atoms with Gasteiger partial charge in [-0.25, -0.2) is 4.79 Å². The van der Waals surface area contributed by atoms with Crippen molar-refractivity contribution in [1.29, 1.82) is 0 Å². The Labute approximate surface area is 173 Å². The minimum absolute atomic E-state index is 0.0290. The van der Waals surface area contributed by atoms with Crippen molar-refractivity contribution in [3.63, 3.8) is 0 Å². The molecule has 160 valence electrons. The van der Waals surface area contributed by atoms with Gasteiger partial charge in [0.1, 0.15) is 18.5 Å². The van der Waals surface area contributed by atoms with Gasteiger partial charge in [0, 0.05) is 12.5 Å². The molecule has 0 aromatic heterocycles. The van der Waals surface area contributed by atoms with Crippen LogP contribution in [-0.4, -0.2) is 30.5 Å². The molecule has 6 heteroatoms. The lowest BCUT2D eigenvalue weighted by Gasteiger charge is -2.53. The van der Waals surface area contributed by atoms with Crippen LogP contribution in [0.3, 0.4) is 0 Å². The Kier molecular flexibility index (Phi) is 7.44. The van der Waals surface area contributed by atoms with Crippen molar-refractivity contribution >= 4 is 18.3 Å². The second kappa shape index (κ2) is 9.42. The number of carbonyl (C=O) groups excluding carboxylic acids is 3. The van der Waals surface area contributed by atoms with Crippen LogP contribution in [0.15, 0.2) is 30.3 Å². The first-order valence-corrected chi connectivity index (χ1v) is 10.1. The zero-order valence-corrected chi connectivity index (χ0v) is 18.1. The zero-order chi connectivity index (χ0) is 21.7. The van der Waals surface area contributed by atoms with Crippen molar-refractivity contribution in [3.05, 3.63) is 35.9 Å². The van der Waals surface area contributed by atoms with E-state index in [0.29, 0.717) is 13.0 Å². The van der Waals surface area contributed by atoms with E-state index in [4.69, 9.17) is 9.47 Å². The minimum atomic E-state index is -0.565. The summed E-state index contributed by atoms with van der Waals surface area (Å²) < 4.78 is 10.7. The van der Waals surface area contributed by atoms with E-state index in [1.54, 1.807) is 0 Å². The third kappa shape index (κ3) is 6.58. The summed E-state index contributed by atoms with van der Waals surface area (Å²) in [5, 5.41) is 2.78. The first-order valence-electron chi connectivity index (χ1n) is 10.1. The molecule has 0 unspecified atom stereocenters. The Balaban J connectivity index is 1.95. The van der Waals surface area contributed by atoms with Crippen LogP contribution in [0, 0.1) is 23.2 Å². The normalized spacial score (nSPS) is 21.4. The minimum Gasteiger partial charge on any atom is -0.460 e. The topological polar surface area (TPSA) is 81.7 Å². The van der Waals surface area contributed by atoms with Gasteiger partial charge in [0.05, 0.1) is 6.42 Å². The summed E-state index contributed by atoms with van der Waals surface area (Å²) in [5.41, 5.74) is 0.121. The lowest BCUT2D eigenvalue weighted by molar-refractivity contribution is -0.158. The Bertz CT molecular complexity index is 708. The summed E-state index contributed by atoms with van der Waals surface area (Å²) in [6.45, 7) is 10.0. The number of alkyl carbamates (subject to hydrolysis) is 1. The average Bonchev–Trinajstić information content (AvgIpc) is 2.63. The number of esters is 1. The van der Waals surface area contributed by atoms with Crippen LogP contribution in [0.1, 0.15) is 53.0 Å². The molecule has 6 nitrogen and oxygen atoms in total. The zero-order valence-electron chi connectivity index (χ0n) is 18.1. The summed E-state index contributed by atoms with van der Waals surface area (Å²) >= 11 is 0. The first-order chi connectivity index (χ1) is 13.5. The summed E-state index contributed by atoms with van der Waals surface area (Å²) in [7, 11) is 0. The summed E-state index contributed by atoms with van der Waals surface area (Å²) in [5.74, 6) is -0.314. The Morgan fingerprint density at radius 2 is 1.90 bits per heavy atom. The van der Waals surface area contributed by atoms with Crippen molar-refractivity contribution in [2.75, 3.05) is 6.54 Å². The van der Waals surface area contributed by atoms with Gasteiger partial charge in [-0.05, 0) is 50.0 Å². The lowest BCUT2D eigenvalue weighted by Crippen LogP contribution is -2.52. The van der Waals surface area contributed by atoms with Gasteiger partial charge >= 0.3 is 12.1 Å². The molecule has 3 atom stereocenters. The molecule has 0 saturated heterocycles. The molecule has 1 aromatic rings. The van der Waals surface area contributed by atoms with Crippen LogP contribution in [-0.2, 0) is 25.7 Å². The molecule has 0 radical (unpaired) electrons. The fraction of sp³-hybridized carbons (Fsp3) is 0.609. The van der Waals surface area contributed by atoms with Crippen LogP contribution >= 0.6 is 0 Å². The van der Waals surface area contributed by atoms with E-state index < -0.39 is 11.7 Å². The first kappa shape index (κ1) is 22.9. The fourth-order valence-electron chi connectivity index (χ4n) is 3.97. The molecule has 1 saturated carbocycles. The molecule has 1 aliphatic rings.